The van der Waals surface area contributed by atoms with Gasteiger partial charge in [0.05, 0.1) is 6.61 Å². The summed E-state index contributed by atoms with van der Waals surface area (Å²) in [6.07, 6.45) is 7.75. The zero-order chi connectivity index (χ0) is 16.8. The Balaban J connectivity index is 0.000000203. The first-order chi connectivity index (χ1) is 11.0. The molecule has 10 heteroatoms. The highest BCUT2D eigenvalue weighted by Gasteiger charge is 2.12. The Hall–Kier alpha value is -3.43. The number of esters is 1. The Morgan fingerprint density at radius 1 is 1.09 bits per heavy atom. The number of ether oxygens (including phenoxy) is 1. The summed E-state index contributed by atoms with van der Waals surface area (Å²) in [6.45, 7) is 2.06. The molecule has 0 saturated carbocycles. The molecular weight excluding hydrogens is 300 g/mol. The summed E-state index contributed by atoms with van der Waals surface area (Å²) in [7, 11) is 0. The minimum Gasteiger partial charge on any atom is -0.461 e. The second-order valence-electron chi connectivity index (χ2n) is 4.22. The predicted octanol–water partition coefficient (Wildman–Crippen LogP) is 0.129. The summed E-state index contributed by atoms with van der Waals surface area (Å²) in [4.78, 5) is 26.6. The molecule has 0 aliphatic carbocycles. The van der Waals surface area contributed by atoms with Crippen molar-refractivity contribution in [2.45, 2.75) is 6.92 Å². The van der Waals surface area contributed by atoms with E-state index in [1.807, 2.05) is 0 Å². The van der Waals surface area contributed by atoms with E-state index in [1.165, 1.54) is 12.4 Å². The molecule has 3 heterocycles. The molecule has 0 amide bonds. The van der Waals surface area contributed by atoms with E-state index in [0.29, 0.717) is 12.3 Å². The maximum atomic E-state index is 11.4. The SMILES string of the molecule is CCOC(=O)c1cn2ccnc(N)c2n1.Nc1nccnc1N. The molecule has 23 heavy (non-hydrogen) atoms. The van der Waals surface area contributed by atoms with Crippen LogP contribution in [0.2, 0.25) is 0 Å². The standard InChI is InChI=1S/C9H10N4O2.C4H6N4/c1-2-15-9(14)6-5-13-4-3-11-7(10)8(13)12-6;5-3-4(6)8-2-1-7-3/h3-5H,2H2,1H3,(H2,10,11);1-2H,(H2,5,7)(H2,6,8). The third-order valence-corrected chi connectivity index (χ3v) is 2.64. The molecule has 10 nitrogen and oxygen atoms in total. The van der Waals surface area contributed by atoms with Crippen molar-refractivity contribution in [1.82, 2.24) is 24.3 Å². The summed E-state index contributed by atoms with van der Waals surface area (Å²) < 4.78 is 6.45. The van der Waals surface area contributed by atoms with Crippen LogP contribution in [-0.4, -0.2) is 36.9 Å². The van der Waals surface area contributed by atoms with Gasteiger partial charge in [0.25, 0.3) is 0 Å². The highest BCUT2D eigenvalue weighted by Crippen LogP contribution is 2.10. The van der Waals surface area contributed by atoms with Crippen LogP contribution in [-0.2, 0) is 4.74 Å². The summed E-state index contributed by atoms with van der Waals surface area (Å²) in [5.74, 6) is 0.397. The molecule has 0 radical (unpaired) electrons. The van der Waals surface area contributed by atoms with Crippen LogP contribution in [0.25, 0.3) is 5.65 Å². The first-order valence-electron chi connectivity index (χ1n) is 6.61. The van der Waals surface area contributed by atoms with Crippen molar-refractivity contribution in [2.24, 2.45) is 0 Å². The highest BCUT2D eigenvalue weighted by atomic mass is 16.5. The monoisotopic (exact) mass is 316 g/mol. The van der Waals surface area contributed by atoms with Gasteiger partial charge in [-0.1, -0.05) is 0 Å². The zero-order valence-corrected chi connectivity index (χ0v) is 12.4. The maximum Gasteiger partial charge on any atom is 0.358 e. The van der Waals surface area contributed by atoms with Crippen molar-refractivity contribution in [3.8, 4) is 0 Å². The average molecular weight is 316 g/mol. The fourth-order valence-corrected chi connectivity index (χ4v) is 1.60. The number of carbonyl (C=O) groups excluding carboxylic acids is 1. The number of rotatable bonds is 2. The summed E-state index contributed by atoms with van der Waals surface area (Å²) in [5, 5.41) is 0. The second kappa shape index (κ2) is 7.02. The Kier molecular flexibility index (Phi) is 4.87. The van der Waals surface area contributed by atoms with Crippen LogP contribution < -0.4 is 17.2 Å². The molecular formula is C13H16N8O2. The highest BCUT2D eigenvalue weighted by molar-refractivity contribution is 5.88. The molecule has 0 atom stereocenters. The largest absolute Gasteiger partial charge is 0.461 e. The molecule has 0 bridgehead atoms. The van der Waals surface area contributed by atoms with Crippen molar-refractivity contribution in [2.75, 3.05) is 23.8 Å². The number of carbonyl (C=O) groups is 1. The molecule has 0 saturated heterocycles. The van der Waals surface area contributed by atoms with E-state index in [2.05, 4.69) is 19.9 Å². The summed E-state index contributed by atoms with van der Waals surface area (Å²) >= 11 is 0. The number of nitrogen functional groups attached to an aromatic ring is 3. The maximum absolute atomic E-state index is 11.4. The van der Waals surface area contributed by atoms with Crippen LogP contribution in [0.3, 0.4) is 0 Å². The predicted molar refractivity (Wildman–Crippen MR) is 84.2 cm³/mol. The topological polar surface area (TPSA) is 160 Å². The van der Waals surface area contributed by atoms with Crippen molar-refractivity contribution in [3.63, 3.8) is 0 Å². The van der Waals surface area contributed by atoms with Gasteiger partial charge in [-0.25, -0.2) is 24.7 Å². The Labute approximate surface area is 131 Å². The van der Waals surface area contributed by atoms with Gasteiger partial charge >= 0.3 is 5.97 Å². The molecule has 3 rings (SSSR count). The van der Waals surface area contributed by atoms with Crippen molar-refractivity contribution in [3.05, 3.63) is 36.7 Å². The van der Waals surface area contributed by atoms with Crippen LogP contribution in [0.5, 0.6) is 0 Å². The number of fused-ring (bicyclic) bond motifs is 1. The number of aromatic nitrogens is 5. The van der Waals surface area contributed by atoms with Gasteiger partial charge in [0, 0.05) is 31.0 Å². The van der Waals surface area contributed by atoms with E-state index in [-0.39, 0.29) is 23.1 Å². The van der Waals surface area contributed by atoms with Gasteiger partial charge in [-0.05, 0) is 6.92 Å². The molecule has 3 aromatic heterocycles. The molecule has 0 aliphatic heterocycles. The lowest BCUT2D eigenvalue weighted by atomic mass is 10.5. The van der Waals surface area contributed by atoms with E-state index in [1.54, 1.807) is 29.9 Å². The lowest BCUT2D eigenvalue weighted by Crippen LogP contribution is -2.04. The molecule has 0 spiro atoms. The van der Waals surface area contributed by atoms with E-state index in [0.717, 1.165) is 0 Å². The molecule has 6 N–H and O–H groups in total. The Bertz CT molecular complexity index is 796. The zero-order valence-electron chi connectivity index (χ0n) is 12.4. The second-order valence-corrected chi connectivity index (χ2v) is 4.22. The molecule has 3 aromatic rings. The quantitative estimate of drug-likeness (QED) is 0.558. The Morgan fingerprint density at radius 3 is 2.22 bits per heavy atom. The lowest BCUT2D eigenvalue weighted by Gasteiger charge is -1.95. The molecule has 120 valence electrons. The Morgan fingerprint density at radius 2 is 1.70 bits per heavy atom. The van der Waals surface area contributed by atoms with Crippen LogP contribution in [0.15, 0.2) is 31.0 Å². The number of imidazole rings is 1. The summed E-state index contributed by atoms with van der Waals surface area (Å²) in [5.41, 5.74) is 16.7. The number of hydrogen-bond donors (Lipinski definition) is 3. The van der Waals surface area contributed by atoms with Gasteiger partial charge < -0.3 is 26.3 Å². The molecule has 0 unspecified atom stereocenters. The lowest BCUT2D eigenvalue weighted by molar-refractivity contribution is 0.0520. The van der Waals surface area contributed by atoms with Gasteiger partial charge in [-0.3, -0.25) is 0 Å². The van der Waals surface area contributed by atoms with Crippen molar-refractivity contribution in [1.29, 1.82) is 0 Å². The summed E-state index contributed by atoms with van der Waals surface area (Å²) in [6, 6.07) is 0. The van der Waals surface area contributed by atoms with E-state index in [9.17, 15) is 4.79 Å². The van der Waals surface area contributed by atoms with E-state index in [4.69, 9.17) is 21.9 Å². The van der Waals surface area contributed by atoms with Gasteiger partial charge in [0.15, 0.2) is 28.8 Å². The third kappa shape index (κ3) is 3.81. The number of nitrogens with two attached hydrogens (primary N) is 3. The van der Waals surface area contributed by atoms with E-state index >= 15 is 0 Å². The van der Waals surface area contributed by atoms with Crippen LogP contribution in [0.4, 0.5) is 17.5 Å². The van der Waals surface area contributed by atoms with Gasteiger partial charge in [0.1, 0.15) is 0 Å². The number of anilines is 3. The third-order valence-electron chi connectivity index (χ3n) is 2.64. The first kappa shape index (κ1) is 15.9. The van der Waals surface area contributed by atoms with Crippen molar-refractivity contribution < 1.29 is 9.53 Å². The van der Waals surface area contributed by atoms with Crippen molar-refractivity contribution >= 4 is 29.1 Å². The van der Waals surface area contributed by atoms with Crippen LogP contribution in [0, 0.1) is 0 Å². The number of hydrogen-bond acceptors (Lipinski definition) is 9. The minimum atomic E-state index is -0.458. The van der Waals surface area contributed by atoms with Gasteiger partial charge in [-0.15, -0.1) is 0 Å². The fraction of sp³-hybridized carbons (Fsp3) is 0.154. The molecule has 0 aromatic carbocycles. The minimum absolute atomic E-state index is 0.233. The van der Waals surface area contributed by atoms with E-state index < -0.39 is 5.97 Å². The first-order valence-corrected chi connectivity index (χ1v) is 6.61. The van der Waals surface area contributed by atoms with Gasteiger partial charge in [0.2, 0.25) is 0 Å². The van der Waals surface area contributed by atoms with Crippen LogP contribution >= 0.6 is 0 Å². The van der Waals surface area contributed by atoms with Crippen LogP contribution in [0.1, 0.15) is 17.4 Å². The molecule has 0 fully saturated rings. The smallest absolute Gasteiger partial charge is 0.358 e. The fourth-order valence-electron chi connectivity index (χ4n) is 1.60. The van der Waals surface area contributed by atoms with Gasteiger partial charge in [-0.2, -0.15) is 0 Å². The average Bonchev–Trinajstić information content (AvgIpc) is 2.97. The normalized spacial score (nSPS) is 9.96. The number of nitrogens with zero attached hydrogens (tertiary/aromatic N) is 5. The molecule has 0 aliphatic rings.